The summed E-state index contributed by atoms with van der Waals surface area (Å²) in [5.41, 5.74) is 3.68. The monoisotopic (exact) mass is 444 g/mol. The highest BCUT2D eigenvalue weighted by molar-refractivity contribution is 6.30. The van der Waals surface area contributed by atoms with E-state index in [9.17, 15) is 14.7 Å². The number of rotatable bonds is 5. The standard InChI is InChI=1S/C25H17ClN2O4/c26-19-10-5-18(6-11-19)25(31)32-23-14-9-16-3-1-2-4-21(16)22(23)15-27-28-24(30)17-7-12-20(29)13-8-17/h1-15,29H,(H,28,30)/b27-15-. The number of nitrogens with zero attached hydrogens (tertiary/aromatic N) is 1. The van der Waals surface area contributed by atoms with E-state index in [1.165, 1.54) is 30.5 Å². The molecule has 0 saturated heterocycles. The predicted molar refractivity (Wildman–Crippen MR) is 124 cm³/mol. The van der Waals surface area contributed by atoms with Gasteiger partial charge in [0.2, 0.25) is 0 Å². The number of halogens is 1. The summed E-state index contributed by atoms with van der Waals surface area (Å²) in [6.45, 7) is 0. The molecule has 6 nitrogen and oxygen atoms in total. The number of phenols is 1. The van der Waals surface area contributed by atoms with Crippen LogP contribution in [0.4, 0.5) is 0 Å². The molecule has 4 aromatic rings. The minimum absolute atomic E-state index is 0.0629. The Kier molecular flexibility index (Phi) is 6.14. The third-order valence-corrected chi connectivity index (χ3v) is 4.95. The maximum atomic E-state index is 12.6. The Bertz CT molecular complexity index is 1320. The van der Waals surface area contributed by atoms with Crippen molar-refractivity contribution in [1.29, 1.82) is 0 Å². The van der Waals surface area contributed by atoms with Gasteiger partial charge in [0.1, 0.15) is 11.5 Å². The summed E-state index contributed by atoms with van der Waals surface area (Å²) in [4.78, 5) is 24.9. The summed E-state index contributed by atoms with van der Waals surface area (Å²) in [5, 5.41) is 15.6. The third-order valence-electron chi connectivity index (χ3n) is 4.70. The zero-order chi connectivity index (χ0) is 22.5. The maximum absolute atomic E-state index is 12.6. The molecule has 32 heavy (non-hydrogen) atoms. The Morgan fingerprint density at radius 2 is 1.56 bits per heavy atom. The number of ether oxygens (including phenoxy) is 1. The zero-order valence-electron chi connectivity index (χ0n) is 16.7. The second-order valence-corrected chi connectivity index (χ2v) is 7.28. The second kappa shape index (κ2) is 9.32. The first-order valence-electron chi connectivity index (χ1n) is 9.63. The molecule has 0 aliphatic carbocycles. The van der Waals surface area contributed by atoms with E-state index >= 15 is 0 Å². The minimum Gasteiger partial charge on any atom is -0.508 e. The molecule has 0 saturated carbocycles. The van der Waals surface area contributed by atoms with Gasteiger partial charge in [-0.05, 0) is 65.4 Å². The number of aromatic hydroxyl groups is 1. The molecule has 0 atom stereocenters. The maximum Gasteiger partial charge on any atom is 0.343 e. The lowest BCUT2D eigenvalue weighted by Gasteiger charge is -2.10. The van der Waals surface area contributed by atoms with E-state index in [0.717, 1.165) is 10.8 Å². The predicted octanol–water partition coefficient (Wildman–Crippen LogP) is 5.18. The zero-order valence-corrected chi connectivity index (χ0v) is 17.4. The van der Waals surface area contributed by atoms with Crippen LogP contribution in [0.15, 0.2) is 90.0 Å². The van der Waals surface area contributed by atoms with Gasteiger partial charge >= 0.3 is 5.97 Å². The lowest BCUT2D eigenvalue weighted by atomic mass is 10.0. The largest absolute Gasteiger partial charge is 0.508 e. The quantitative estimate of drug-likeness (QED) is 0.192. The van der Waals surface area contributed by atoms with E-state index in [1.807, 2.05) is 30.3 Å². The molecular weight excluding hydrogens is 428 g/mol. The van der Waals surface area contributed by atoms with Gasteiger partial charge in [0, 0.05) is 16.1 Å². The van der Waals surface area contributed by atoms with Crippen molar-refractivity contribution >= 4 is 40.5 Å². The molecule has 0 fully saturated rings. The first kappa shape index (κ1) is 21.1. The Hall–Kier alpha value is -4.16. The van der Waals surface area contributed by atoms with Crippen LogP contribution in [0.2, 0.25) is 5.02 Å². The fourth-order valence-corrected chi connectivity index (χ4v) is 3.20. The van der Waals surface area contributed by atoms with E-state index < -0.39 is 11.9 Å². The molecule has 0 heterocycles. The van der Waals surface area contributed by atoms with Gasteiger partial charge in [0.05, 0.1) is 11.8 Å². The topological polar surface area (TPSA) is 88.0 Å². The number of carbonyl (C=O) groups is 2. The summed E-state index contributed by atoms with van der Waals surface area (Å²) in [6, 6.07) is 23.3. The molecule has 2 N–H and O–H groups in total. The van der Waals surface area contributed by atoms with Crippen LogP contribution in [-0.4, -0.2) is 23.2 Å². The number of esters is 1. The minimum atomic E-state index is -0.542. The first-order valence-corrected chi connectivity index (χ1v) is 10.0. The number of nitrogens with one attached hydrogen (secondary N) is 1. The molecule has 0 unspecified atom stereocenters. The summed E-state index contributed by atoms with van der Waals surface area (Å²) in [7, 11) is 0. The van der Waals surface area contributed by atoms with Crippen LogP contribution in [0.1, 0.15) is 26.3 Å². The number of carbonyl (C=O) groups excluding carboxylic acids is 2. The molecule has 0 bridgehead atoms. The van der Waals surface area contributed by atoms with Gasteiger partial charge in [0.25, 0.3) is 5.91 Å². The number of hydrazone groups is 1. The van der Waals surface area contributed by atoms with Crippen LogP contribution in [0, 0.1) is 0 Å². The fourth-order valence-electron chi connectivity index (χ4n) is 3.08. The normalized spacial score (nSPS) is 10.9. The van der Waals surface area contributed by atoms with Gasteiger partial charge in [-0.25, -0.2) is 10.2 Å². The molecule has 4 rings (SSSR count). The summed E-state index contributed by atoms with van der Waals surface area (Å²) < 4.78 is 5.62. The Morgan fingerprint density at radius 3 is 2.31 bits per heavy atom. The van der Waals surface area contributed by atoms with Crippen molar-refractivity contribution in [2.24, 2.45) is 5.10 Å². The number of hydrogen-bond acceptors (Lipinski definition) is 5. The van der Waals surface area contributed by atoms with Crippen molar-refractivity contribution in [3.63, 3.8) is 0 Å². The Labute approximate surface area is 188 Å². The molecule has 0 aromatic heterocycles. The number of phenolic OH excluding ortho intramolecular Hbond substituents is 1. The summed E-state index contributed by atoms with van der Waals surface area (Å²) in [6.07, 6.45) is 1.44. The lowest BCUT2D eigenvalue weighted by molar-refractivity contribution is 0.0734. The first-order chi connectivity index (χ1) is 15.5. The molecule has 0 aliphatic heterocycles. The van der Waals surface area contributed by atoms with Gasteiger partial charge in [-0.2, -0.15) is 5.10 Å². The molecule has 7 heteroatoms. The van der Waals surface area contributed by atoms with E-state index in [1.54, 1.807) is 30.3 Å². The average Bonchev–Trinajstić information content (AvgIpc) is 2.81. The van der Waals surface area contributed by atoms with Gasteiger partial charge in [-0.3, -0.25) is 4.79 Å². The van der Waals surface area contributed by atoms with Crippen LogP contribution in [0.5, 0.6) is 11.5 Å². The fraction of sp³-hybridized carbons (Fsp3) is 0. The SMILES string of the molecule is O=C(N/N=C\c1c(OC(=O)c2ccc(Cl)cc2)ccc2ccccc12)c1ccc(O)cc1. The smallest absolute Gasteiger partial charge is 0.343 e. The molecule has 0 spiro atoms. The Balaban J connectivity index is 1.62. The van der Waals surface area contributed by atoms with E-state index in [-0.39, 0.29) is 5.75 Å². The highest BCUT2D eigenvalue weighted by Gasteiger charge is 2.14. The Morgan fingerprint density at radius 1 is 0.875 bits per heavy atom. The van der Waals surface area contributed by atoms with E-state index in [0.29, 0.717) is 27.5 Å². The molecule has 1 amide bonds. The molecule has 0 aliphatic rings. The van der Waals surface area contributed by atoms with Crippen molar-refractivity contribution in [2.75, 3.05) is 0 Å². The van der Waals surface area contributed by atoms with Crippen LogP contribution in [-0.2, 0) is 0 Å². The number of benzene rings is 4. The van der Waals surface area contributed by atoms with Crippen molar-refractivity contribution in [2.45, 2.75) is 0 Å². The summed E-state index contributed by atoms with van der Waals surface area (Å²) >= 11 is 5.89. The van der Waals surface area contributed by atoms with Crippen LogP contribution < -0.4 is 10.2 Å². The van der Waals surface area contributed by atoms with E-state index in [4.69, 9.17) is 16.3 Å². The number of amides is 1. The van der Waals surface area contributed by atoms with Crippen LogP contribution in [0.3, 0.4) is 0 Å². The average molecular weight is 445 g/mol. The van der Waals surface area contributed by atoms with Crippen molar-refractivity contribution < 1.29 is 19.4 Å². The summed E-state index contributed by atoms with van der Waals surface area (Å²) in [5.74, 6) is -0.625. The third kappa shape index (κ3) is 4.77. The molecular formula is C25H17ClN2O4. The lowest BCUT2D eigenvalue weighted by Crippen LogP contribution is -2.17. The van der Waals surface area contributed by atoms with Crippen molar-refractivity contribution in [3.05, 3.63) is 107 Å². The highest BCUT2D eigenvalue weighted by Crippen LogP contribution is 2.27. The second-order valence-electron chi connectivity index (χ2n) is 6.84. The van der Waals surface area contributed by atoms with Gasteiger partial charge in [-0.15, -0.1) is 0 Å². The molecule has 158 valence electrons. The van der Waals surface area contributed by atoms with E-state index in [2.05, 4.69) is 10.5 Å². The molecule has 0 radical (unpaired) electrons. The number of hydrogen-bond donors (Lipinski definition) is 2. The molecule has 4 aromatic carbocycles. The van der Waals surface area contributed by atoms with Gasteiger partial charge < -0.3 is 9.84 Å². The number of fused-ring (bicyclic) bond motifs is 1. The van der Waals surface area contributed by atoms with Gasteiger partial charge in [0.15, 0.2) is 0 Å². The van der Waals surface area contributed by atoms with Crippen molar-refractivity contribution in [3.8, 4) is 11.5 Å². The van der Waals surface area contributed by atoms with Gasteiger partial charge in [-0.1, -0.05) is 41.9 Å². The highest BCUT2D eigenvalue weighted by atomic mass is 35.5. The van der Waals surface area contributed by atoms with Crippen LogP contribution >= 0.6 is 11.6 Å². The van der Waals surface area contributed by atoms with Crippen molar-refractivity contribution in [1.82, 2.24) is 5.43 Å². The van der Waals surface area contributed by atoms with Crippen LogP contribution in [0.25, 0.3) is 10.8 Å².